The average molecular weight is 339 g/mol. The molecule has 132 valence electrons. The van der Waals surface area contributed by atoms with Gasteiger partial charge in [0.25, 0.3) is 0 Å². The number of esters is 1. The number of hydrogen-bond donors (Lipinski definition) is 0. The van der Waals surface area contributed by atoms with Gasteiger partial charge in [0.1, 0.15) is 6.10 Å². The van der Waals surface area contributed by atoms with E-state index in [1.807, 2.05) is 0 Å². The lowest BCUT2D eigenvalue weighted by Crippen LogP contribution is -2.41. The molecule has 0 saturated heterocycles. The van der Waals surface area contributed by atoms with Crippen LogP contribution in [0.2, 0.25) is 18.1 Å². The zero-order valence-corrected chi connectivity index (χ0v) is 17.3. The van der Waals surface area contributed by atoms with Crippen LogP contribution in [-0.2, 0) is 14.0 Å². The summed E-state index contributed by atoms with van der Waals surface area (Å²) in [7, 11) is -1.83. The molecule has 2 rings (SSSR count). The Morgan fingerprint density at radius 2 is 1.91 bits per heavy atom. The second-order valence-electron chi connectivity index (χ2n) is 9.36. The highest BCUT2D eigenvalue weighted by atomic mass is 28.4. The van der Waals surface area contributed by atoms with Crippen LogP contribution in [0.4, 0.5) is 0 Å². The molecule has 2 aliphatic rings. The van der Waals surface area contributed by atoms with Crippen molar-refractivity contribution in [1.29, 1.82) is 0 Å². The van der Waals surface area contributed by atoms with E-state index in [1.165, 1.54) is 6.92 Å². The molecule has 23 heavy (non-hydrogen) atoms. The SMILES string of the molecule is CC(=O)O[C@@H]1[C@@H]2[C@@H](C)CC(O[Si](C)(C)C(C)(C)C)=C[C@@]21C(C)C. The molecule has 0 aliphatic heterocycles. The summed E-state index contributed by atoms with van der Waals surface area (Å²) in [6.07, 6.45) is 3.30. The van der Waals surface area contributed by atoms with Gasteiger partial charge in [-0.3, -0.25) is 4.79 Å². The van der Waals surface area contributed by atoms with Gasteiger partial charge in [-0.1, -0.05) is 41.5 Å². The molecule has 0 bridgehead atoms. The molecule has 1 saturated carbocycles. The Balaban J connectivity index is 2.30. The summed E-state index contributed by atoms with van der Waals surface area (Å²) in [4.78, 5) is 11.5. The minimum Gasteiger partial charge on any atom is -0.547 e. The molecule has 0 amide bonds. The van der Waals surface area contributed by atoms with Crippen LogP contribution in [0.1, 0.15) is 54.9 Å². The summed E-state index contributed by atoms with van der Waals surface area (Å²) < 4.78 is 12.3. The van der Waals surface area contributed by atoms with E-state index in [-0.39, 0.29) is 22.5 Å². The highest BCUT2D eigenvalue weighted by Gasteiger charge is 2.70. The van der Waals surface area contributed by atoms with E-state index in [2.05, 4.69) is 60.7 Å². The molecule has 0 N–H and O–H groups in total. The fraction of sp³-hybridized carbons (Fsp3) is 0.842. The molecule has 2 aliphatic carbocycles. The van der Waals surface area contributed by atoms with Gasteiger partial charge in [0.2, 0.25) is 8.32 Å². The Morgan fingerprint density at radius 3 is 2.35 bits per heavy atom. The van der Waals surface area contributed by atoms with Crippen LogP contribution < -0.4 is 0 Å². The lowest BCUT2D eigenvalue weighted by Gasteiger charge is -2.39. The zero-order chi connectivity index (χ0) is 17.8. The molecule has 0 spiro atoms. The molecule has 4 heteroatoms. The average Bonchev–Trinajstić information content (AvgIpc) is 2.95. The summed E-state index contributed by atoms with van der Waals surface area (Å²) in [5.74, 6) is 2.34. The third-order valence-electron chi connectivity index (χ3n) is 6.32. The molecule has 0 heterocycles. The van der Waals surface area contributed by atoms with Gasteiger partial charge < -0.3 is 9.16 Å². The third kappa shape index (κ3) is 3.11. The maximum atomic E-state index is 11.5. The minimum absolute atomic E-state index is 0.0236. The molecule has 0 radical (unpaired) electrons. The summed E-state index contributed by atoms with van der Waals surface area (Å²) in [5.41, 5.74) is -0.0268. The number of allylic oxidation sites excluding steroid dienone is 1. The first kappa shape index (κ1) is 18.6. The molecule has 0 aromatic carbocycles. The Labute approximate surface area is 142 Å². The van der Waals surface area contributed by atoms with Crippen LogP contribution in [0.25, 0.3) is 0 Å². The summed E-state index contributed by atoms with van der Waals surface area (Å²) in [6.45, 7) is 19.6. The van der Waals surface area contributed by atoms with Gasteiger partial charge >= 0.3 is 5.97 Å². The highest BCUT2D eigenvalue weighted by Crippen LogP contribution is 2.67. The first-order valence-electron chi connectivity index (χ1n) is 8.91. The van der Waals surface area contributed by atoms with E-state index in [0.717, 1.165) is 12.2 Å². The predicted molar refractivity (Wildman–Crippen MR) is 96.5 cm³/mol. The van der Waals surface area contributed by atoms with Crippen molar-refractivity contribution >= 4 is 14.3 Å². The van der Waals surface area contributed by atoms with Crippen LogP contribution in [0.15, 0.2) is 11.8 Å². The van der Waals surface area contributed by atoms with Gasteiger partial charge in [0.05, 0.1) is 5.76 Å². The molecular formula is C19H34O3Si. The van der Waals surface area contributed by atoms with Crippen molar-refractivity contribution in [3.05, 3.63) is 11.8 Å². The Hall–Kier alpha value is -0.773. The summed E-state index contributed by atoms with van der Waals surface area (Å²) >= 11 is 0. The lowest BCUT2D eigenvalue weighted by molar-refractivity contribution is -0.143. The molecule has 0 unspecified atom stereocenters. The monoisotopic (exact) mass is 338 g/mol. The Kier molecular flexibility index (Phi) is 4.56. The van der Waals surface area contributed by atoms with Crippen LogP contribution in [0, 0.1) is 23.2 Å². The van der Waals surface area contributed by atoms with Crippen molar-refractivity contribution in [3.63, 3.8) is 0 Å². The molecular weight excluding hydrogens is 304 g/mol. The number of ether oxygens (including phenoxy) is 1. The molecule has 1 fully saturated rings. The van der Waals surface area contributed by atoms with Crippen molar-refractivity contribution in [3.8, 4) is 0 Å². The number of carbonyl (C=O) groups excluding carboxylic acids is 1. The Bertz CT molecular complexity index is 515. The smallest absolute Gasteiger partial charge is 0.302 e. The molecule has 4 atom stereocenters. The topological polar surface area (TPSA) is 35.5 Å². The van der Waals surface area contributed by atoms with E-state index in [1.54, 1.807) is 0 Å². The maximum absolute atomic E-state index is 11.5. The second kappa shape index (κ2) is 5.64. The van der Waals surface area contributed by atoms with E-state index < -0.39 is 8.32 Å². The largest absolute Gasteiger partial charge is 0.547 e. The van der Waals surface area contributed by atoms with E-state index in [9.17, 15) is 4.79 Å². The van der Waals surface area contributed by atoms with Crippen LogP contribution in [0.5, 0.6) is 0 Å². The molecule has 0 aromatic rings. The van der Waals surface area contributed by atoms with Gasteiger partial charge in [0.15, 0.2) is 0 Å². The van der Waals surface area contributed by atoms with Gasteiger partial charge in [-0.25, -0.2) is 0 Å². The zero-order valence-electron chi connectivity index (χ0n) is 16.3. The molecule has 3 nitrogen and oxygen atoms in total. The summed E-state index contributed by atoms with van der Waals surface area (Å²) in [6, 6.07) is 0. The maximum Gasteiger partial charge on any atom is 0.302 e. The first-order chi connectivity index (χ1) is 10.3. The standard InChI is InChI=1S/C19H34O3Si/c1-12(2)19-11-15(22-23(8,9)18(5,6)7)10-13(3)16(19)17(19)21-14(4)20/h11-13,16-17H,10H2,1-9H3/t13-,16-,17+,19+/m0/s1. The summed E-state index contributed by atoms with van der Waals surface area (Å²) in [5, 5.41) is 0.192. The first-order valence-corrected chi connectivity index (χ1v) is 11.8. The normalized spacial score (nSPS) is 33.8. The van der Waals surface area contributed by atoms with E-state index in [4.69, 9.17) is 9.16 Å². The fourth-order valence-corrected chi connectivity index (χ4v) is 5.06. The van der Waals surface area contributed by atoms with E-state index in [0.29, 0.717) is 17.8 Å². The minimum atomic E-state index is -1.83. The van der Waals surface area contributed by atoms with Crippen molar-refractivity contribution in [1.82, 2.24) is 0 Å². The van der Waals surface area contributed by atoms with Gasteiger partial charge in [0, 0.05) is 24.7 Å². The fourth-order valence-electron chi connectivity index (χ4n) is 3.96. The number of hydrogen-bond acceptors (Lipinski definition) is 3. The van der Waals surface area contributed by atoms with Crippen molar-refractivity contribution in [2.24, 2.45) is 23.2 Å². The molecule has 0 aromatic heterocycles. The number of carbonyl (C=O) groups is 1. The van der Waals surface area contributed by atoms with Crippen molar-refractivity contribution in [2.75, 3.05) is 0 Å². The van der Waals surface area contributed by atoms with Gasteiger partial charge in [-0.2, -0.15) is 0 Å². The Morgan fingerprint density at radius 1 is 1.35 bits per heavy atom. The van der Waals surface area contributed by atoms with Crippen LogP contribution in [-0.4, -0.2) is 20.4 Å². The highest BCUT2D eigenvalue weighted by molar-refractivity contribution is 6.74. The predicted octanol–water partition coefficient (Wildman–Crippen LogP) is 5.14. The lowest BCUT2D eigenvalue weighted by atomic mass is 9.80. The van der Waals surface area contributed by atoms with Gasteiger partial charge in [-0.15, -0.1) is 0 Å². The van der Waals surface area contributed by atoms with Crippen molar-refractivity contribution in [2.45, 2.75) is 79.1 Å². The second-order valence-corrected chi connectivity index (χ2v) is 14.1. The van der Waals surface area contributed by atoms with Gasteiger partial charge in [-0.05, 0) is 36.0 Å². The van der Waals surface area contributed by atoms with Crippen molar-refractivity contribution < 1.29 is 14.0 Å². The number of rotatable bonds is 4. The van der Waals surface area contributed by atoms with Crippen LogP contribution in [0.3, 0.4) is 0 Å². The third-order valence-corrected chi connectivity index (χ3v) is 10.7. The number of fused-ring (bicyclic) bond motifs is 1. The van der Waals surface area contributed by atoms with E-state index >= 15 is 0 Å². The quantitative estimate of drug-likeness (QED) is 0.526. The van der Waals surface area contributed by atoms with Crippen LogP contribution >= 0.6 is 0 Å².